The van der Waals surface area contributed by atoms with Crippen LogP contribution in [-0.4, -0.2) is 77.0 Å². The van der Waals surface area contributed by atoms with Crippen molar-refractivity contribution in [1.29, 1.82) is 0 Å². The number of rotatable bonds is 30. The molecular formula is C48H69N3O9. The van der Waals surface area contributed by atoms with Crippen molar-refractivity contribution < 1.29 is 42.8 Å². The van der Waals surface area contributed by atoms with Crippen LogP contribution in [0.3, 0.4) is 0 Å². The number of unbranched alkanes of at least 4 members (excludes halogenated alkanes) is 6. The van der Waals surface area contributed by atoms with E-state index in [2.05, 4.69) is 57.5 Å². The van der Waals surface area contributed by atoms with Gasteiger partial charge in [-0.25, -0.2) is 0 Å². The summed E-state index contributed by atoms with van der Waals surface area (Å²) in [6.45, 7) is 15.1. The average Bonchev–Trinajstić information content (AvgIpc) is 3.24. The standard InChI is InChI=1S/C48H69N3O9/c1-7-13-19-49-46(52)31-58-43-28-37-34(25-40(43)55-22-16-10-4)35-26-41(56-23-17-11-5)44(59-32-47(53)50-20-14-8-2)29-38(35)39-30-45(60-33-48(54)51-21-15-9-3)42(27-36(37)39)57-24-18-12-6/h25-30H,7-24,31-33H2,1-6H3,(H,49,52)(H,50,53)(H,51,54). The number of fused-ring (bicyclic) bond motifs is 6. The quantitative estimate of drug-likeness (QED) is 0.0346. The average molecular weight is 832 g/mol. The van der Waals surface area contributed by atoms with E-state index in [1.807, 2.05) is 36.4 Å². The van der Waals surface area contributed by atoms with Crippen molar-refractivity contribution in [3.05, 3.63) is 36.4 Å². The summed E-state index contributed by atoms with van der Waals surface area (Å²) in [6, 6.07) is 11.6. The lowest BCUT2D eigenvalue weighted by Crippen LogP contribution is -2.29. The Morgan fingerprint density at radius 1 is 0.350 bits per heavy atom. The van der Waals surface area contributed by atoms with E-state index in [9.17, 15) is 14.4 Å². The third-order valence-corrected chi connectivity index (χ3v) is 10.0. The molecule has 0 aliphatic rings. The molecule has 0 atom stereocenters. The Morgan fingerprint density at radius 2 is 0.567 bits per heavy atom. The van der Waals surface area contributed by atoms with E-state index in [0.29, 0.717) is 74.0 Å². The van der Waals surface area contributed by atoms with E-state index < -0.39 is 0 Å². The fraction of sp³-hybridized carbons (Fsp3) is 0.562. The molecule has 4 aromatic carbocycles. The molecule has 3 amide bonds. The monoisotopic (exact) mass is 832 g/mol. The molecule has 0 radical (unpaired) electrons. The zero-order valence-electron chi connectivity index (χ0n) is 37.0. The van der Waals surface area contributed by atoms with Crippen LogP contribution < -0.4 is 44.4 Å². The largest absolute Gasteiger partial charge is 0.490 e. The lowest BCUT2D eigenvalue weighted by atomic mass is 9.93. The molecule has 0 fully saturated rings. The lowest BCUT2D eigenvalue weighted by molar-refractivity contribution is -0.123. The van der Waals surface area contributed by atoms with Crippen molar-refractivity contribution in [3.63, 3.8) is 0 Å². The van der Waals surface area contributed by atoms with Crippen molar-refractivity contribution >= 4 is 50.0 Å². The summed E-state index contributed by atoms with van der Waals surface area (Å²) in [7, 11) is 0. The fourth-order valence-corrected chi connectivity index (χ4v) is 6.47. The predicted octanol–water partition coefficient (Wildman–Crippen LogP) is 9.57. The summed E-state index contributed by atoms with van der Waals surface area (Å²) in [5.74, 6) is 2.18. The molecule has 0 bridgehead atoms. The van der Waals surface area contributed by atoms with E-state index >= 15 is 0 Å². The van der Waals surface area contributed by atoms with Crippen LogP contribution >= 0.6 is 0 Å². The van der Waals surface area contributed by atoms with E-state index in [1.165, 1.54) is 0 Å². The van der Waals surface area contributed by atoms with Gasteiger partial charge in [-0.3, -0.25) is 14.4 Å². The second kappa shape index (κ2) is 26.2. The minimum Gasteiger partial charge on any atom is -0.490 e. The molecule has 4 rings (SSSR count). The topological polar surface area (TPSA) is 143 Å². The molecule has 0 saturated carbocycles. The number of carbonyl (C=O) groups is 3. The van der Waals surface area contributed by atoms with Crippen LogP contribution in [0.4, 0.5) is 0 Å². The maximum atomic E-state index is 12.9. The molecule has 330 valence electrons. The SMILES string of the molecule is CCCCNC(=O)COc1cc2c(cc1OCCCC)c1cc(OCCCC)c(OCC(=O)NCCCC)cc1c1cc(OCC(=O)NCCCC)c(OCCCC)cc21. The summed E-state index contributed by atoms with van der Waals surface area (Å²) >= 11 is 0. The van der Waals surface area contributed by atoms with Gasteiger partial charge in [-0.1, -0.05) is 80.1 Å². The van der Waals surface area contributed by atoms with Gasteiger partial charge in [0.15, 0.2) is 54.3 Å². The number of amides is 3. The van der Waals surface area contributed by atoms with Crippen molar-refractivity contribution in [2.75, 3.05) is 59.3 Å². The highest BCUT2D eigenvalue weighted by Crippen LogP contribution is 2.47. The smallest absolute Gasteiger partial charge is 0.257 e. The van der Waals surface area contributed by atoms with Crippen LogP contribution in [0.15, 0.2) is 36.4 Å². The number of nitrogens with one attached hydrogen (secondary N) is 3. The molecule has 0 spiro atoms. The summed E-state index contributed by atoms with van der Waals surface area (Å²) in [6.07, 6.45) is 10.9. The van der Waals surface area contributed by atoms with E-state index in [1.54, 1.807) is 0 Å². The normalized spacial score (nSPS) is 11.1. The minimum absolute atomic E-state index is 0.170. The number of ether oxygens (including phenoxy) is 6. The first-order chi connectivity index (χ1) is 29.3. The summed E-state index contributed by atoms with van der Waals surface area (Å²) < 4.78 is 37.8. The molecule has 0 heterocycles. The number of hydrogen-bond acceptors (Lipinski definition) is 9. The molecule has 0 aromatic heterocycles. The zero-order chi connectivity index (χ0) is 43.1. The zero-order valence-corrected chi connectivity index (χ0v) is 37.0. The van der Waals surface area contributed by atoms with Crippen LogP contribution in [0, 0.1) is 0 Å². The molecule has 12 nitrogen and oxygen atoms in total. The van der Waals surface area contributed by atoms with Gasteiger partial charge in [0.1, 0.15) is 0 Å². The molecule has 0 aliphatic carbocycles. The molecule has 60 heavy (non-hydrogen) atoms. The number of carbonyl (C=O) groups excluding carboxylic acids is 3. The molecule has 0 aliphatic heterocycles. The van der Waals surface area contributed by atoms with Crippen LogP contribution in [0.2, 0.25) is 0 Å². The van der Waals surface area contributed by atoms with Crippen LogP contribution in [-0.2, 0) is 14.4 Å². The van der Waals surface area contributed by atoms with Crippen molar-refractivity contribution in [1.82, 2.24) is 16.0 Å². The van der Waals surface area contributed by atoms with E-state index in [0.717, 1.165) is 109 Å². The first kappa shape index (κ1) is 47.5. The van der Waals surface area contributed by atoms with E-state index in [-0.39, 0.29) is 37.5 Å². The first-order valence-corrected chi connectivity index (χ1v) is 22.4. The summed E-state index contributed by atoms with van der Waals surface area (Å²) in [5.41, 5.74) is 0. The van der Waals surface area contributed by atoms with E-state index in [4.69, 9.17) is 28.4 Å². The Labute approximate surface area is 356 Å². The van der Waals surface area contributed by atoms with Crippen molar-refractivity contribution in [2.45, 2.75) is 119 Å². The molecule has 0 unspecified atom stereocenters. The van der Waals surface area contributed by atoms with Gasteiger partial charge in [0, 0.05) is 19.6 Å². The molecule has 4 aromatic rings. The molecular weight excluding hydrogens is 763 g/mol. The third kappa shape index (κ3) is 14.3. The van der Waals surface area contributed by atoms with Crippen LogP contribution in [0.5, 0.6) is 34.5 Å². The fourth-order valence-electron chi connectivity index (χ4n) is 6.47. The van der Waals surface area contributed by atoms with Crippen molar-refractivity contribution in [3.8, 4) is 34.5 Å². The Balaban J connectivity index is 1.99. The molecule has 3 N–H and O–H groups in total. The predicted molar refractivity (Wildman–Crippen MR) is 240 cm³/mol. The second-order valence-electron chi connectivity index (χ2n) is 15.1. The number of benzene rings is 4. The van der Waals surface area contributed by atoms with Gasteiger partial charge in [-0.05, 0) is 107 Å². The Hall–Kier alpha value is -5.13. The minimum atomic E-state index is -0.218. The highest BCUT2D eigenvalue weighted by molar-refractivity contribution is 6.27. The van der Waals surface area contributed by atoms with Crippen LogP contribution in [0.1, 0.15) is 119 Å². The van der Waals surface area contributed by atoms with Crippen LogP contribution in [0.25, 0.3) is 32.3 Å². The van der Waals surface area contributed by atoms with Gasteiger partial charge in [0.2, 0.25) is 0 Å². The number of hydrogen-bond donors (Lipinski definition) is 3. The Kier molecular flexibility index (Phi) is 20.7. The van der Waals surface area contributed by atoms with Gasteiger partial charge in [-0.15, -0.1) is 0 Å². The second-order valence-corrected chi connectivity index (χ2v) is 15.1. The summed E-state index contributed by atoms with van der Waals surface area (Å²) in [5, 5.41) is 13.8. The van der Waals surface area contributed by atoms with Gasteiger partial charge in [0.05, 0.1) is 19.8 Å². The van der Waals surface area contributed by atoms with Gasteiger partial charge < -0.3 is 44.4 Å². The highest BCUT2D eigenvalue weighted by atomic mass is 16.5. The Morgan fingerprint density at radius 3 is 0.783 bits per heavy atom. The van der Waals surface area contributed by atoms with Gasteiger partial charge in [0.25, 0.3) is 17.7 Å². The maximum absolute atomic E-state index is 12.9. The molecule has 0 saturated heterocycles. The molecule has 12 heteroatoms. The Bertz CT molecular complexity index is 1980. The maximum Gasteiger partial charge on any atom is 0.257 e. The third-order valence-electron chi connectivity index (χ3n) is 10.0. The highest BCUT2D eigenvalue weighted by Gasteiger charge is 2.21. The lowest BCUT2D eigenvalue weighted by Gasteiger charge is -2.20. The summed E-state index contributed by atoms with van der Waals surface area (Å²) in [4.78, 5) is 38.6. The van der Waals surface area contributed by atoms with Gasteiger partial charge in [-0.2, -0.15) is 0 Å². The first-order valence-electron chi connectivity index (χ1n) is 22.4. The van der Waals surface area contributed by atoms with Crippen molar-refractivity contribution in [2.24, 2.45) is 0 Å². The van der Waals surface area contributed by atoms with Gasteiger partial charge >= 0.3 is 0 Å².